The summed E-state index contributed by atoms with van der Waals surface area (Å²) in [6.07, 6.45) is 8.92. The molecule has 0 spiro atoms. The van der Waals surface area contributed by atoms with Crippen molar-refractivity contribution in [2.75, 3.05) is 28.6 Å². The Morgan fingerprint density at radius 1 is 1.06 bits per heavy atom. The van der Waals surface area contributed by atoms with Crippen molar-refractivity contribution in [3.05, 3.63) is 42.6 Å². The number of aryl methyl sites for hydroxylation is 1. The number of nitrogens with zero attached hydrogens (tertiary/aromatic N) is 4. The molecule has 3 heterocycles. The normalized spacial score (nSPS) is 20.4. The van der Waals surface area contributed by atoms with Gasteiger partial charge >= 0.3 is 0 Å². The van der Waals surface area contributed by atoms with Crippen molar-refractivity contribution in [3.8, 4) is 0 Å². The third-order valence-electron chi connectivity index (χ3n) is 7.04. The molecule has 5 rings (SSSR count). The molecule has 0 bridgehead atoms. The molecule has 1 aliphatic heterocycles. The van der Waals surface area contributed by atoms with Crippen molar-refractivity contribution in [1.82, 2.24) is 25.5 Å². The van der Waals surface area contributed by atoms with Gasteiger partial charge in [0.15, 0.2) is 5.65 Å². The molecule has 184 valence electrons. The number of nitrogens with one attached hydrogen (secondary N) is 4. The lowest BCUT2D eigenvalue weighted by Gasteiger charge is -2.30. The zero-order valence-corrected chi connectivity index (χ0v) is 20.3. The van der Waals surface area contributed by atoms with Crippen LogP contribution in [0.15, 0.2) is 36.9 Å². The lowest BCUT2D eigenvalue weighted by Crippen LogP contribution is -2.39. The summed E-state index contributed by atoms with van der Waals surface area (Å²) in [5, 5.41) is 18.3. The van der Waals surface area contributed by atoms with Gasteiger partial charge in [-0.15, -0.1) is 0 Å². The predicted molar refractivity (Wildman–Crippen MR) is 140 cm³/mol. The second-order valence-electron chi connectivity index (χ2n) is 9.57. The maximum Gasteiger partial charge on any atom is 0.243 e. The number of rotatable bonds is 7. The quantitative estimate of drug-likeness (QED) is 0.375. The van der Waals surface area contributed by atoms with Gasteiger partial charge in [-0.1, -0.05) is 6.58 Å². The summed E-state index contributed by atoms with van der Waals surface area (Å²) in [6.45, 7) is 7.78. The maximum absolute atomic E-state index is 11.6. The summed E-state index contributed by atoms with van der Waals surface area (Å²) in [7, 11) is 0. The predicted octanol–water partition coefficient (Wildman–Crippen LogP) is 4.42. The molecular formula is C26H34N8O. The first-order valence-electron chi connectivity index (χ1n) is 12.6. The number of hydrogen-bond acceptors (Lipinski definition) is 7. The summed E-state index contributed by atoms with van der Waals surface area (Å²) < 4.78 is 0. The van der Waals surface area contributed by atoms with Crippen molar-refractivity contribution < 1.29 is 4.79 Å². The highest BCUT2D eigenvalue weighted by Gasteiger charge is 2.24. The second kappa shape index (κ2) is 10.3. The Morgan fingerprint density at radius 2 is 1.77 bits per heavy atom. The van der Waals surface area contributed by atoms with Gasteiger partial charge < -0.3 is 20.9 Å². The van der Waals surface area contributed by atoms with E-state index in [1.807, 2.05) is 6.92 Å². The number of benzene rings is 1. The number of carbonyl (C=O) groups is 1. The summed E-state index contributed by atoms with van der Waals surface area (Å²) in [4.78, 5) is 23.5. The Bertz CT molecular complexity index is 1170. The lowest BCUT2D eigenvalue weighted by atomic mass is 9.91. The van der Waals surface area contributed by atoms with Crippen LogP contribution in [-0.4, -0.2) is 51.2 Å². The number of amides is 1. The number of H-pyrrole nitrogens is 1. The molecule has 2 aromatic heterocycles. The molecule has 1 saturated heterocycles. The summed E-state index contributed by atoms with van der Waals surface area (Å²) in [6, 6.07) is 8.96. The Morgan fingerprint density at radius 3 is 2.49 bits per heavy atom. The molecule has 0 atom stereocenters. The minimum absolute atomic E-state index is 0.104. The first-order valence-corrected chi connectivity index (χ1v) is 12.6. The maximum atomic E-state index is 11.6. The van der Waals surface area contributed by atoms with Crippen LogP contribution in [-0.2, 0) is 4.79 Å². The Hall–Kier alpha value is -3.62. The lowest BCUT2D eigenvalue weighted by molar-refractivity contribution is -0.117. The van der Waals surface area contributed by atoms with E-state index in [-0.39, 0.29) is 18.0 Å². The van der Waals surface area contributed by atoms with E-state index in [0.29, 0.717) is 11.6 Å². The van der Waals surface area contributed by atoms with Gasteiger partial charge in [0.2, 0.25) is 11.9 Å². The van der Waals surface area contributed by atoms with Crippen LogP contribution in [0.25, 0.3) is 11.0 Å². The van der Waals surface area contributed by atoms with Gasteiger partial charge in [-0.25, -0.2) is 0 Å². The van der Waals surface area contributed by atoms with Crippen LogP contribution in [0.1, 0.15) is 50.6 Å². The van der Waals surface area contributed by atoms with Crippen LogP contribution in [0.5, 0.6) is 0 Å². The zero-order valence-electron chi connectivity index (χ0n) is 20.3. The van der Waals surface area contributed by atoms with Gasteiger partial charge in [0.1, 0.15) is 5.82 Å². The average molecular weight is 475 g/mol. The van der Waals surface area contributed by atoms with E-state index in [1.165, 1.54) is 31.0 Å². The standard InChI is InChI=1S/C26H34N8O/c1-3-22(35)27-18-7-9-19(10-8-18)28-24-23-17(2)32-33-25(23)31-26(30-24)29-20-11-13-21(14-12-20)34-15-5-4-6-16-34/h3,11-14,18-19H,1,4-10,15-16H2,2H3,(H,27,35)(H3,28,29,30,31,32,33). The molecule has 35 heavy (non-hydrogen) atoms. The van der Waals surface area contributed by atoms with Crippen LogP contribution in [0, 0.1) is 6.92 Å². The first-order chi connectivity index (χ1) is 17.1. The SMILES string of the molecule is C=CC(=O)NC1CCC(Nc2nc(Nc3ccc(N4CCCCC4)cc3)nc3n[nH]c(C)c23)CC1. The fourth-order valence-corrected chi connectivity index (χ4v) is 5.10. The van der Waals surface area contributed by atoms with Crippen molar-refractivity contribution in [1.29, 1.82) is 0 Å². The Balaban J connectivity index is 1.29. The highest BCUT2D eigenvalue weighted by Crippen LogP contribution is 2.29. The van der Waals surface area contributed by atoms with Crippen LogP contribution >= 0.6 is 0 Å². The van der Waals surface area contributed by atoms with Gasteiger partial charge in [-0.3, -0.25) is 9.89 Å². The smallest absolute Gasteiger partial charge is 0.243 e. The van der Waals surface area contributed by atoms with Crippen molar-refractivity contribution in [2.45, 2.75) is 64.0 Å². The number of anilines is 4. The first kappa shape index (κ1) is 23.1. The number of carbonyl (C=O) groups excluding carboxylic acids is 1. The van der Waals surface area contributed by atoms with E-state index in [2.05, 4.69) is 66.9 Å². The van der Waals surface area contributed by atoms with E-state index in [4.69, 9.17) is 4.98 Å². The van der Waals surface area contributed by atoms with Gasteiger partial charge in [0.05, 0.1) is 5.39 Å². The van der Waals surface area contributed by atoms with Crippen LogP contribution in [0.3, 0.4) is 0 Å². The molecule has 3 aromatic rings. The summed E-state index contributed by atoms with van der Waals surface area (Å²) >= 11 is 0. The minimum Gasteiger partial charge on any atom is -0.372 e. The number of hydrogen-bond donors (Lipinski definition) is 4. The molecule has 0 unspecified atom stereocenters. The van der Waals surface area contributed by atoms with Crippen molar-refractivity contribution in [2.24, 2.45) is 0 Å². The van der Waals surface area contributed by atoms with Crippen LogP contribution < -0.4 is 20.9 Å². The molecule has 1 aromatic carbocycles. The van der Waals surface area contributed by atoms with Crippen LogP contribution in [0.2, 0.25) is 0 Å². The van der Waals surface area contributed by atoms with Gasteiger partial charge in [0.25, 0.3) is 0 Å². The fraction of sp³-hybridized carbons (Fsp3) is 0.462. The van der Waals surface area contributed by atoms with E-state index < -0.39 is 0 Å². The molecule has 9 nitrogen and oxygen atoms in total. The number of fused-ring (bicyclic) bond motifs is 1. The highest BCUT2D eigenvalue weighted by molar-refractivity contribution is 5.90. The van der Waals surface area contributed by atoms with E-state index >= 15 is 0 Å². The van der Waals surface area contributed by atoms with E-state index in [9.17, 15) is 4.79 Å². The molecule has 1 amide bonds. The average Bonchev–Trinajstić information content (AvgIpc) is 3.27. The second-order valence-corrected chi connectivity index (χ2v) is 9.57. The number of piperidine rings is 1. The fourth-order valence-electron chi connectivity index (χ4n) is 5.10. The topological polar surface area (TPSA) is 111 Å². The summed E-state index contributed by atoms with van der Waals surface area (Å²) in [5.41, 5.74) is 3.78. The third-order valence-corrected chi connectivity index (χ3v) is 7.04. The highest BCUT2D eigenvalue weighted by atomic mass is 16.1. The largest absolute Gasteiger partial charge is 0.372 e. The molecule has 9 heteroatoms. The number of aromatic nitrogens is 4. The van der Waals surface area contributed by atoms with E-state index in [0.717, 1.165) is 61.4 Å². The molecule has 1 saturated carbocycles. The third kappa shape index (κ3) is 5.39. The van der Waals surface area contributed by atoms with Gasteiger partial charge in [-0.2, -0.15) is 15.1 Å². The van der Waals surface area contributed by atoms with Crippen LogP contribution in [0.4, 0.5) is 23.1 Å². The molecule has 2 fully saturated rings. The minimum atomic E-state index is -0.104. The van der Waals surface area contributed by atoms with Crippen molar-refractivity contribution >= 4 is 40.1 Å². The molecule has 1 aliphatic carbocycles. The Kier molecular flexibility index (Phi) is 6.83. The van der Waals surface area contributed by atoms with E-state index in [1.54, 1.807) is 0 Å². The van der Waals surface area contributed by atoms with Gasteiger partial charge in [0, 0.05) is 42.2 Å². The zero-order chi connectivity index (χ0) is 24.2. The molecular weight excluding hydrogens is 440 g/mol. The summed E-state index contributed by atoms with van der Waals surface area (Å²) in [5.74, 6) is 1.20. The molecule has 4 N–H and O–H groups in total. The molecule has 2 aliphatic rings. The van der Waals surface area contributed by atoms with Crippen molar-refractivity contribution in [3.63, 3.8) is 0 Å². The van der Waals surface area contributed by atoms with Gasteiger partial charge in [-0.05, 0) is 82.2 Å². The Labute approximate surface area is 205 Å². The monoisotopic (exact) mass is 474 g/mol. The number of aromatic amines is 1. The molecule has 0 radical (unpaired) electrons.